The van der Waals surface area contributed by atoms with E-state index < -0.39 is 22.6 Å². The lowest BCUT2D eigenvalue weighted by molar-refractivity contribution is -0.907. The Balaban J connectivity index is 3.08. The van der Waals surface area contributed by atoms with Gasteiger partial charge in [-0.15, -0.1) is 0 Å². The van der Waals surface area contributed by atoms with E-state index in [0.29, 0.717) is 0 Å². The number of amides is 3. The van der Waals surface area contributed by atoms with Gasteiger partial charge in [-0.25, -0.2) is 9.59 Å². The Hall–Kier alpha value is -1.27. The Bertz CT molecular complexity index is 229. The molecule has 1 aliphatic rings. The summed E-state index contributed by atoms with van der Waals surface area (Å²) in [5.74, 6) is -1.97. The van der Waals surface area contributed by atoms with E-state index in [9.17, 15) is 14.4 Å². The molecule has 1 rings (SSSR count). The highest BCUT2D eigenvalue weighted by atomic mass is 16.6. The van der Waals surface area contributed by atoms with E-state index >= 15 is 0 Å². The number of nitrogens with zero attached hydrogens (tertiary/aromatic N) is 1. The van der Waals surface area contributed by atoms with Crippen LogP contribution in [0.2, 0.25) is 0 Å². The Morgan fingerprint density at radius 1 is 1.27 bits per heavy atom. The van der Waals surface area contributed by atoms with E-state index in [2.05, 4.69) is 0 Å². The lowest BCUT2D eigenvalue weighted by atomic mass is 10.4. The van der Waals surface area contributed by atoms with Gasteiger partial charge in [0.1, 0.15) is 0 Å². The molecule has 6 heteroatoms. The molecule has 0 bridgehead atoms. The molecule has 0 atom stereocenters. The van der Waals surface area contributed by atoms with Crippen LogP contribution in [0, 0.1) is 0 Å². The third-order valence-corrected chi connectivity index (χ3v) is 1.55. The molecule has 11 heavy (non-hydrogen) atoms. The highest BCUT2D eigenvalue weighted by Gasteiger charge is 2.57. The molecule has 0 aromatic carbocycles. The van der Waals surface area contributed by atoms with Crippen LogP contribution in [0.3, 0.4) is 0 Å². The first-order valence-electron chi connectivity index (χ1n) is 2.91. The molecule has 1 heterocycles. The predicted molar refractivity (Wildman–Crippen MR) is 29.3 cm³/mol. The summed E-state index contributed by atoms with van der Waals surface area (Å²) in [5, 5.41) is 17.2. The Morgan fingerprint density at radius 3 is 1.82 bits per heavy atom. The largest absolute Gasteiger partial charge is 0.563 e. The van der Waals surface area contributed by atoms with Crippen LogP contribution in [0.1, 0.15) is 12.8 Å². The summed E-state index contributed by atoms with van der Waals surface area (Å²) in [4.78, 5) is 31.6. The molecular weight excluding hydrogens is 154 g/mol. The van der Waals surface area contributed by atoms with E-state index in [1.807, 2.05) is 0 Å². The third-order valence-electron chi connectivity index (χ3n) is 1.55. The van der Waals surface area contributed by atoms with Crippen LogP contribution in [-0.4, -0.2) is 32.9 Å². The summed E-state index contributed by atoms with van der Waals surface area (Å²) in [6.45, 7) is 0. The Labute approximate surface area is 61.2 Å². The van der Waals surface area contributed by atoms with Gasteiger partial charge in [0.15, 0.2) is 0 Å². The summed E-state index contributed by atoms with van der Waals surface area (Å²) in [6, 6.07) is 0. The van der Waals surface area contributed by atoms with Crippen LogP contribution in [0.5, 0.6) is 0 Å². The van der Waals surface area contributed by atoms with Crippen molar-refractivity contribution in [2.75, 3.05) is 0 Å². The van der Waals surface area contributed by atoms with Crippen molar-refractivity contribution in [2.45, 2.75) is 12.8 Å². The number of hydroxylamine groups is 3. The van der Waals surface area contributed by atoms with Crippen LogP contribution in [0.4, 0.5) is 4.79 Å². The summed E-state index contributed by atoms with van der Waals surface area (Å²) < 4.78 is -2.08. The van der Waals surface area contributed by atoms with Crippen molar-refractivity contribution < 1.29 is 29.3 Å². The van der Waals surface area contributed by atoms with Gasteiger partial charge in [-0.05, 0) is 0 Å². The summed E-state index contributed by atoms with van der Waals surface area (Å²) in [7, 11) is 0. The van der Waals surface area contributed by atoms with Gasteiger partial charge < -0.3 is 5.11 Å². The topological polar surface area (TPSA) is 91.7 Å². The second kappa shape index (κ2) is 2.11. The highest BCUT2D eigenvalue weighted by Crippen LogP contribution is 2.19. The predicted octanol–water partition coefficient (Wildman–Crippen LogP) is -0.283. The molecule has 0 radical (unpaired) electrons. The number of hydrogen-bond acceptors (Lipinski definition) is 4. The second-order valence-electron chi connectivity index (χ2n) is 2.21. The summed E-state index contributed by atoms with van der Waals surface area (Å²) in [6.07, 6.45) is -2.25. The molecule has 0 aromatic heterocycles. The Morgan fingerprint density at radius 2 is 1.64 bits per heavy atom. The minimum atomic E-state index is -2.08. The van der Waals surface area contributed by atoms with Gasteiger partial charge in [-0.3, -0.25) is 0 Å². The van der Waals surface area contributed by atoms with Crippen LogP contribution < -0.4 is 0 Å². The maximum absolute atomic E-state index is 10.7. The van der Waals surface area contributed by atoms with Gasteiger partial charge in [-0.1, -0.05) is 0 Å². The van der Waals surface area contributed by atoms with Crippen molar-refractivity contribution in [3.8, 4) is 0 Å². The number of quaternary nitrogens is 1. The van der Waals surface area contributed by atoms with E-state index in [0.717, 1.165) is 0 Å². The molecule has 3 amide bonds. The van der Waals surface area contributed by atoms with E-state index in [4.69, 9.17) is 10.3 Å². The molecule has 0 saturated carbocycles. The molecule has 1 saturated heterocycles. The SMILES string of the molecule is O=C(O)[N+]1(O)C(=O)CCC1=O. The van der Waals surface area contributed by atoms with Gasteiger partial charge in [0, 0.05) is 4.65 Å². The number of likely N-dealkylation sites (tertiary alicyclic amines) is 1. The standard InChI is InChI=1S/C5H5NO5/c7-3-1-2-4(8)6(3,11)5(9)10/h11H,1-2H2/p+1. The first-order valence-corrected chi connectivity index (χ1v) is 2.91. The normalized spacial score (nSPS) is 22.3. The van der Waals surface area contributed by atoms with Crippen LogP contribution in [0.15, 0.2) is 0 Å². The third kappa shape index (κ3) is 0.837. The van der Waals surface area contributed by atoms with Crippen LogP contribution >= 0.6 is 0 Å². The zero-order valence-electron chi connectivity index (χ0n) is 5.48. The maximum Gasteiger partial charge on any atom is 0.563 e. The summed E-state index contributed by atoms with van der Waals surface area (Å²) in [5.41, 5.74) is 0. The highest BCUT2D eigenvalue weighted by molar-refractivity contribution is 5.99. The monoisotopic (exact) mass is 160 g/mol. The molecule has 0 unspecified atom stereocenters. The Kier molecular flexibility index (Phi) is 1.50. The van der Waals surface area contributed by atoms with Gasteiger partial charge in [0.2, 0.25) is 0 Å². The average Bonchev–Trinajstić information content (AvgIpc) is 2.18. The fourth-order valence-electron chi connectivity index (χ4n) is 0.890. The molecule has 1 aliphatic heterocycles. The van der Waals surface area contributed by atoms with Crippen molar-refractivity contribution in [1.29, 1.82) is 0 Å². The number of carboxylic acid groups (broad SMARTS) is 1. The fourth-order valence-corrected chi connectivity index (χ4v) is 0.890. The minimum Gasteiger partial charge on any atom is -0.432 e. The van der Waals surface area contributed by atoms with Crippen molar-refractivity contribution in [1.82, 2.24) is 0 Å². The van der Waals surface area contributed by atoms with Gasteiger partial charge >= 0.3 is 17.9 Å². The first kappa shape index (κ1) is 7.83. The lowest BCUT2D eigenvalue weighted by Crippen LogP contribution is -2.53. The van der Waals surface area contributed by atoms with Gasteiger partial charge in [0.05, 0.1) is 12.8 Å². The molecule has 2 N–H and O–H groups in total. The molecule has 6 nitrogen and oxygen atoms in total. The van der Waals surface area contributed by atoms with Crippen LogP contribution in [-0.2, 0) is 9.59 Å². The number of carbonyl (C=O) groups is 3. The van der Waals surface area contributed by atoms with Gasteiger partial charge in [-0.2, -0.15) is 10.0 Å². The smallest absolute Gasteiger partial charge is 0.432 e. The zero-order chi connectivity index (χ0) is 8.65. The second-order valence-corrected chi connectivity index (χ2v) is 2.21. The minimum absolute atomic E-state index is 0.207. The number of carbonyl (C=O) groups excluding carboxylic acids is 2. The molecule has 0 spiro atoms. The maximum atomic E-state index is 10.7. The van der Waals surface area contributed by atoms with E-state index in [1.54, 1.807) is 0 Å². The van der Waals surface area contributed by atoms with Gasteiger partial charge in [0.25, 0.3) is 0 Å². The number of imide groups is 3. The zero-order valence-corrected chi connectivity index (χ0v) is 5.48. The van der Waals surface area contributed by atoms with Crippen molar-refractivity contribution in [3.05, 3.63) is 0 Å². The fraction of sp³-hybridized carbons (Fsp3) is 0.400. The molecule has 1 fully saturated rings. The number of hydrogen-bond donors (Lipinski definition) is 2. The van der Waals surface area contributed by atoms with E-state index in [-0.39, 0.29) is 12.8 Å². The van der Waals surface area contributed by atoms with Crippen molar-refractivity contribution >= 4 is 17.9 Å². The quantitative estimate of drug-likeness (QED) is 0.289. The van der Waals surface area contributed by atoms with Crippen molar-refractivity contribution in [2.24, 2.45) is 0 Å². The molecule has 60 valence electrons. The lowest BCUT2D eigenvalue weighted by Gasteiger charge is -2.10. The number of rotatable bonds is 0. The van der Waals surface area contributed by atoms with E-state index in [1.165, 1.54) is 0 Å². The molecule has 0 aromatic rings. The van der Waals surface area contributed by atoms with Crippen molar-refractivity contribution in [3.63, 3.8) is 0 Å². The molecular formula is C5H6NO5+. The first-order chi connectivity index (χ1) is 4.99. The van der Waals surface area contributed by atoms with Crippen LogP contribution in [0.25, 0.3) is 0 Å². The average molecular weight is 160 g/mol. The molecule has 0 aliphatic carbocycles. The summed E-state index contributed by atoms with van der Waals surface area (Å²) >= 11 is 0.